The van der Waals surface area contributed by atoms with Crippen molar-refractivity contribution in [2.24, 2.45) is 5.84 Å². The molecule has 0 atom stereocenters. The zero-order valence-electron chi connectivity index (χ0n) is 23.3. The van der Waals surface area contributed by atoms with E-state index in [0.29, 0.717) is 54.7 Å². The van der Waals surface area contributed by atoms with Gasteiger partial charge in [-0.05, 0) is 72.1 Å². The maximum Gasteiger partial charge on any atom is 0.414 e. The van der Waals surface area contributed by atoms with E-state index in [9.17, 15) is 9.18 Å². The van der Waals surface area contributed by atoms with Crippen molar-refractivity contribution >= 4 is 34.4 Å². The number of rotatable bonds is 11. The number of amides is 1. The fourth-order valence-electron chi connectivity index (χ4n) is 4.65. The molecule has 0 fully saturated rings. The summed E-state index contributed by atoms with van der Waals surface area (Å²) in [5.74, 6) is 6.29. The normalized spacial score (nSPS) is 10.9. The van der Waals surface area contributed by atoms with Crippen LogP contribution in [-0.2, 0) is 19.4 Å². The Hall–Kier alpha value is -5.05. The predicted octanol–water partition coefficient (Wildman–Crippen LogP) is 5.66. The molecule has 0 spiro atoms. The maximum atomic E-state index is 13.2. The maximum absolute atomic E-state index is 13.2. The number of halogens is 2. The number of fused-ring (bicyclic) bond motifs is 1. The van der Waals surface area contributed by atoms with Crippen LogP contribution >= 0.6 is 11.6 Å². The lowest BCUT2D eigenvalue weighted by Gasteiger charge is -2.17. The number of hydrogen-bond donors (Lipinski definition) is 3. The molecule has 43 heavy (non-hydrogen) atoms. The number of nitrogens with one attached hydrogen (secondary N) is 2. The Kier molecular flexibility index (Phi) is 9.10. The highest BCUT2D eigenvalue weighted by atomic mass is 35.5. The summed E-state index contributed by atoms with van der Waals surface area (Å²) in [7, 11) is 1.66. The highest BCUT2D eigenvalue weighted by molar-refractivity contribution is 6.31. The average molecular weight is 602 g/mol. The summed E-state index contributed by atoms with van der Waals surface area (Å²) >= 11 is 6.33. The molecule has 2 aromatic heterocycles. The first-order valence-electron chi connectivity index (χ1n) is 13.5. The number of anilines is 1. The molecule has 0 aliphatic heterocycles. The Morgan fingerprint density at radius 1 is 1.16 bits per heavy atom. The number of nitrogen functional groups attached to an aromatic ring is 1. The Labute approximate surface area is 252 Å². The van der Waals surface area contributed by atoms with Crippen LogP contribution in [-0.4, -0.2) is 46.0 Å². The summed E-state index contributed by atoms with van der Waals surface area (Å²) in [4.78, 5) is 17.6. The number of ether oxygens (including phenoxy) is 2. The molecule has 5 rings (SSSR count). The molecule has 10 nitrogen and oxygen atoms in total. The fraction of sp³-hybridized carbons (Fsp3) is 0.194. The van der Waals surface area contributed by atoms with Crippen LogP contribution in [0.2, 0.25) is 5.02 Å². The first-order valence-corrected chi connectivity index (χ1v) is 13.8. The van der Waals surface area contributed by atoms with Gasteiger partial charge in [-0.1, -0.05) is 23.7 Å². The number of aromatic amines is 1. The van der Waals surface area contributed by atoms with Crippen molar-refractivity contribution in [3.05, 3.63) is 106 Å². The molecule has 0 saturated heterocycles. The van der Waals surface area contributed by atoms with Crippen LogP contribution in [0.15, 0.2) is 72.9 Å². The molecule has 1 amide bonds. The molecule has 0 radical (unpaired) electrons. The van der Waals surface area contributed by atoms with Gasteiger partial charge in [0.15, 0.2) is 5.82 Å². The van der Waals surface area contributed by atoms with Gasteiger partial charge in [0.1, 0.15) is 35.6 Å². The fourth-order valence-corrected chi connectivity index (χ4v) is 4.83. The third-order valence-corrected chi connectivity index (χ3v) is 7.13. The van der Waals surface area contributed by atoms with Gasteiger partial charge in [0, 0.05) is 47.8 Å². The quantitative estimate of drug-likeness (QED) is 0.131. The lowest BCUT2D eigenvalue weighted by molar-refractivity contribution is 0.163. The topological polar surface area (TPSA) is 134 Å². The van der Waals surface area contributed by atoms with Gasteiger partial charge in [-0.2, -0.15) is 10.4 Å². The molecule has 0 saturated carbocycles. The second kappa shape index (κ2) is 13.3. The van der Waals surface area contributed by atoms with E-state index in [4.69, 9.17) is 32.2 Å². The first-order chi connectivity index (χ1) is 20.8. The number of nitrogens with zero attached hydrogens (tertiary/aromatic N) is 4. The second-order valence-corrected chi connectivity index (χ2v) is 10.3. The highest BCUT2D eigenvalue weighted by Gasteiger charge is 2.17. The van der Waals surface area contributed by atoms with E-state index in [-0.39, 0.29) is 5.75 Å². The second-order valence-electron chi connectivity index (χ2n) is 9.85. The summed E-state index contributed by atoms with van der Waals surface area (Å²) in [5, 5.41) is 15.0. The van der Waals surface area contributed by atoms with Crippen LogP contribution in [0.1, 0.15) is 22.4 Å². The number of nitriles is 1. The summed E-state index contributed by atoms with van der Waals surface area (Å²) in [6, 6.07) is 20.9. The summed E-state index contributed by atoms with van der Waals surface area (Å²) < 4.78 is 26.0. The molecule has 220 valence electrons. The van der Waals surface area contributed by atoms with Crippen LogP contribution in [0.3, 0.4) is 0 Å². The molecule has 2 heterocycles. The lowest BCUT2D eigenvalue weighted by Crippen LogP contribution is -2.31. The van der Waals surface area contributed by atoms with Gasteiger partial charge < -0.3 is 24.8 Å². The van der Waals surface area contributed by atoms with Gasteiger partial charge >= 0.3 is 6.09 Å². The number of likely N-dealkylation sites (N-methyl/N-ethyl adjacent to an activating group) is 1. The van der Waals surface area contributed by atoms with Crippen molar-refractivity contribution in [2.45, 2.75) is 19.4 Å². The minimum Gasteiger partial charge on any atom is -0.492 e. The minimum absolute atomic E-state index is 0.276. The van der Waals surface area contributed by atoms with Crippen molar-refractivity contribution in [1.82, 2.24) is 19.7 Å². The molecular weight excluding hydrogens is 573 g/mol. The molecule has 0 aliphatic rings. The number of hydrogen-bond acceptors (Lipinski definition) is 7. The third-order valence-electron chi connectivity index (χ3n) is 6.90. The summed E-state index contributed by atoms with van der Waals surface area (Å²) in [5.41, 5.74) is 6.87. The average Bonchev–Trinajstić information content (AvgIpc) is 3.57. The van der Waals surface area contributed by atoms with Crippen LogP contribution < -0.4 is 20.7 Å². The molecule has 0 aliphatic carbocycles. The molecular formula is C31H29ClFN7O3. The van der Waals surface area contributed by atoms with E-state index in [1.165, 1.54) is 29.2 Å². The number of nitrogens with two attached hydrogens (primary N) is 1. The van der Waals surface area contributed by atoms with E-state index in [1.54, 1.807) is 17.9 Å². The molecule has 12 heteroatoms. The van der Waals surface area contributed by atoms with Crippen molar-refractivity contribution in [3.8, 4) is 17.6 Å². The number of hydrazine groups is 1. The Balaban J connectivity index is 1.23. The standard InChI is InChI=1S/C31H29ClFN7O3/c1-39(31(41)43-25-9-5-23(33)6-10-25)13-12-26-27-17-22(32)4-11-28(27)36-29(26)16-20-2-7-24(8-3-20)42-15-14-40-19-21(18-34)30(37-35)38-40/h2-11,17,19,36H,12-16,35H2,1H3,(H,37,38). The Morgan fingerprint density at radius 3 is 2.60 bits per heavy atom. The Bertz CT molecular complexity index is 1760. The minimum atomic E-state index is -0.531. The van der Waals surface area contributed by atoms with Crippen molar-refractivity contribution in [3.63, 3.8) is 0 Å². The van der Waals surface area contributed by atoms with E-state index >= 15 is 0 Å². The molecule has 4 N–H and O–H groups in total. The van der Waals surface area contributed by atoms with Gasteiger partial charge in [-0.3, -0.25) is 4.68 Å². The van der Waals surface area contributed by atoms with E-state index in [0.717, 1.165) is 27.7 Å². The summed E-state index contributed by atoms with van der Waals surface area (Å²) in [6.45, 7) is 1.21. The zero-order valence-corrected chi connectivity index (χ0v) is 24.1. The van der Waals surface area contributed by atoms with Gasteiger partial charge in [0.25, 0.3) is 0 Å². The first kappa shape index (κ1) is 29.4. The zero-order chi connectivity index (χ0) is 30.3. The van der Waals surface area contributed by atoms with Crippen LogP contribution in [0.5, 0.6) is 11.5 Å². The SMILES string of the molecule is CN(CCc1c(Cc2ccc(OCCn3cc(C#N)c(NN)n3)cc2)[nH]c2ccc(Cl)cc12)C(=O)Oc1ccc(F)cc1. The number of carbonyl (C=O) groups is 1. The van der Waals surface area contributed by atoms with Crippen molar-refractivity contribution in [2.75, 3.05) is 25.6 Å². The van der Waals surface area contributed by atoms with E-state index < -0.39 is 11.9 Å². The van der Waals surface area contributed by atoms with Crippen LogP contribution in [0.25, 0.3) is 10.9 Å². The lowest BCUT2D eigenvalue weighted by atomic mass is 10.0. The van der Waals surface area contributed by atoms with Crippen molar-refractivity contribution < 1.29 is 18.7 Å². The molecule has 0 bridgehead atoms. The van der Waals surface area contributed by atoms with Gasteiger partial charge in [-0.25, -0.2) is 15.0 Å². The van der Waals surface area contributed by atoms with Crippen molar-refractivity contribution in [1.29, 1.82) is 5.26 Å². The largest absolute Gasteiger partial charge is 0.492 e. The van der Waals surface area contributed by atoms with Gasteiger partial charge in [-0.15, -0.1) is 0 Å². The molecule has 5 aromatic rings. The predicted molar refractivity (Wildman–Crippen MR) is 162 cm³/mol. The number of carbonyl (C=O) groups excluding carboxylic acids is 1. The number of H-pyrrole nitrogens is 1. The monoisotopic (exact) mass is 601 g/mol. The summed E-state index contributed by atoms with van der Waals surface area (Å²) in [6.07, 6.45) is 2.27. The molecule has 3 aromatic carbocycles. The van der Waals surface area contributed by atoms with E-state index in [1.807, 2.05) is 48.5 Å². The number of benzene rings is 3. The number of aromatic nitrogens is 3. The highest BCUT2D eigenvalue weighted by Crippen LogP contribution is 2.28. The third kappa shape index (κ3) is 7.24. The van der Waals surface area contributed by atoms with Gasteiger partial charge in [0.2, 0.25) is 0 Å². The smallest absolute Gasteiger partial charge is 0.414 e. The molecule has 0 unspecified atom stereocenters. The van der Waals surface area contributed by atoms with Crippen LogP contribution in [0, 0.1) is 17.1 Å². The Morgan fingerprint density at radius 2 is 1.91 bits per heavy atom. The van der Waals surface area contributed by atoms with E-state index in [2.05, 4.69) is 15.5 Å². The van der Waals surface area contributed by atoms with Crippen LogP contribution in [0.4, 0.5) is 15.0 Å². The van der Waals surface area contributed by atoms with Gasteiger partial charge in [0.05, 0.1) is 6.54 Å².